The summed E-state index contributed by atoms with van der Waals surface area (Å²) in [6.45, 7) is 15.1. The molecule has 0 saturated heterocycles. The summed E-state index contributed by atoms with van der Waals surface area (Å²) in [5, 5.41) is 0. The van der Waals surface area contributed by atoms with Gasteiger partial charge in [0.15, 0.2) is 5.75 Å². The third-order valence-electron chi connectivity index (χ3n) is 4.00. The van der Waals surface area contributed by atoms with Crippen LogP contribution >= 0.6 is 0 Å². The Hall–Kier alpha value is -1.02. The van der Waals surface area contributed by atoms with Gasteiger partial charge in [0.05, 0.1) is 0 Å². The summed E-state index contributed by atoms with van der Waals surface area (Å²) in [5.41, 5.74) is 1.01. The van der Waals surface area contributed by atoms with Crippen LogP contribution in [0.5, 0.6) is 5.75 Å². The zero-order valence-corrected chi connectivity index (χ0v) is 13.4. The van der Waals surface area contributed by atoms with Crippen molar-refractivity contribution >= 4 is 0 Å². The van der Waals surface area contributed by atoms with Crippen LogP contribution in [0.2, 0.25) is 0 Å². The Kier molecular flexibility index (Phi) is 5.42. The lowest BCUT2D eigenvalue weighted by Crippen LogP contribution is -2.36. The van der Waals surface area contributed by atoms with E-state index in [4.69, 9.17) is 9.78 Å². The highest BCUT2D eigenvalue weighted by molar-refractivity contribution is 5.28. The van der Waals surface area contributed by atoms with Crippen LogP contribution in [0.1, 0.15) is 59.9 Å². The van der Waals surface area contributed by atoms with Crippen LogP contribution in [-0.4, -0.2) is 5.60 Å². The van der Waals surface area contributed by atoms with E-state index in [0.717, 1.165) is 5.75 Å². The second-order valence-corrected chi connectivity index (χ2v) is 6.53. The average molecular weight is 264 g/mol. The Morgan fingerprint density at radius 3 is 1.84 bits per heavy atom. The minimum atomic E-state index is -0.301. The lowest BCUT2D eigenvalue weighted by Gasteiger charge is -2.32. The molecule has 0 amide bonds. The molecule has 0 fully saturated rings. The van der Waals surface area contributed by atoms with E-state index in [9.17, 15) is 0 Å². The van der Waals surface area contributed by atoms with Gasteiger partial charge in [-0.15, -0.1) is 0 Å². The van der Waals surface area contributed by atoms with Crippen molar-refractivity contribution in [3.63, 3.8) is 0 Å². The quantitative estimate of drug-likeness (QED) is 0.520. The van der Waals surface area contributed by atoms with Gasteiger partial charge in [-0.3, -0.25) is 0 Å². The van der Waals surface area contributed by atoms with Gasteiger partial charge >= 0.3 is 0 Å². The van der Waals surface area contributed by atoms with E-state index in [-0.39, 0.29) is 5.60 Å². The minimum absolute atomic E-state index is 0.301. The predicted molar refractivity (Wildman–Crippen MR) is 80.3 cm³/mol. The first-order valence-electron chi connectivity index (χ1n) is 7.19. The molecule has 0 aliphatic rings. The van der Waals surface area contributed by atoms with Gasteiger partial charge in [-0.05, 0) is 49.3 Å². The molecule has 108 valence electrons. The average Bonchev–Trinajstić information content (AvgIpc) is 2.35. The van der Waals surface area contributed by atoms with Gasteiger partial charge in [0.2, 0.25) is 0 Å². The summed E-state index contributed by atoms with van der Waals surface area (Å²) < 4.78 is 0. The van der Waals surface area contributed by atoms with Crippen LogP contribution in [0.4, 0.5) is 0 Å². The number of hydrogen-bond acceptors (Lipinski definition) is 2. The third kappa shape index (κ3) is 4.54. The molecule has 0 aliphatic carbocycles. The van der Waals surface area contributed by atoms with Gasteiger partial charge in [0, 0.05) is 0 Å². The molecule has 1 aromatic rings. The van der Waals surface area contributed by atoms with Crippen LogP contribution in [0.25, 0.3) is 0 Å². The van der Waals surface area contributed by atoms with E-state index < -0.39 is 0 Å². The molecule has 2 heteroatoms. The standard InChI is InChI=1S/C17H28O2/c1-12(2)14(5)17(6,7)19-18-16-10-8-15(9-11-16)13(3)4/h8-14H,1-7H3. The predicted octanol–water partition coefficient (Wildman–Crippen LogP) is 5.19. The van der Waals surface area contributed by atoms with Crippen molar-refractivity contribution < 1.29 is 9.78 Å². The topological polar surface area (TPSA) is 18.5 Å². The maximum absolute atomic E-state index is 5.64. The largest absolute Gasteiger partial charge is 0.337 e. The van der Waals surface area contributed by atoms with E-state index in [0.29, 0.717) is 17.8 Å². The monoisotopic (exact) mass is 264 g/mol. The van der Waals surface area contributed by atoms with Crippen molar-refractivity contribution in [2.75, 3.05) is 0 Å². The summed E-state index contributed by atoms with van der Waals surface area (Å²) in [6.07, 6.45) is 0. The molecule has 0 heterocycles. The van der Waals surface area contributed by atoms with Gasteiger partial charge in [0.1, 0.15) is 5.60 Å². The first-order chi connectivity index (χ1) is 8.74. The van der Waals surface area contributed by atoms with Crippen LogP contribution in [0.15, 0.2) is 24.3 Å². The Balaban J connectivity index is 2.61. The first-order valence-corrected chi connectivity index (χ1v) is 7.19. The fraction of sp³-hybridized carbons (Fsp3) is 0.647. The summed E-state index contributed by atoms with van der Waals surface area (Å²) >= 11 is 0. The summed E-state index contributed by atoms with van der Waals surface area (Å²) in [5.74, 6) is 2.27. The van der Waals surface area contributed by atoms with Crippen molar-refractivity contribution in [3.05, 3.63) is 29.8 Å². The third-order valence-corrected chi connectivity index (χ3v) is 4.00. The molecular weight excluding hydrogens is 236 g/mol. The zero-order chi connectivity index (χ0) is 14.6. The normalized spacial score (nSPS) is 13.9. The Morgan fingerprint density at radius 1 is 0.895 bits per heavy atom. The molecule has 0 aromatic heterocycles. The number of rotatable bonds is 6. The molecule has 1 aromatic carbocycles. The van der Waals surface area contributed by atoms with Gasteiger partial charge in [-0.1, -0.05) is 46.8 Å². The van der Waals surface area contributed by atoms with Crippen molar-refractivity contribution in [3.8, 4) is 5.75 Å². The molecular formula is C17H28O2. The molecule has 0 aliphatic heterocycles. The van der Waals surface area contributed by atoms with Gasteiger partial charge in [-0.2, -0.15) is 4.89 Å². The second kappa shape index (κ2) is 6.42. The van der Waals surface area contributed by atoms with Crippen molar-refractivity contribution in [2.45, 2.75) is 60.0 Å². The highest BCUT2D eigenvalue weighted by Crippen LogP contribution is 2.29. The fourth-order valence-electron chi connectivity index (χ4n) is 1.94. The summed E-state index contributed by atoms with van der Waals surface area (Å²) in [6, 6.07) is 8.10. The second-order valence-electron chi connectivity index (χ2n) is 6.53. The Bertz CT molecular complexity index is 377. The lowest BCUT2D eigenvalue weighted by atomic mass is 9.84. The highest BCUT2D eigenvalue weighted by atomic mass is 17.2. The van der Waals surface area contributed by atoms with Crippen LogP contribution < -0.4 is 4.89 Å². The Labute approximate surface area is 118 Å². The smallest absolute Gasteiger partial charge is 0.165 e. The van der Waals surface area contributed by atoms with E-state index in [1.807, 2.05) is 12.1 Å². The molecule has 19 heavy (non-hydrogen) atoms. The zero-order valence-electron chi connectivity index (χ0n) is 13.4. The van der Waals surface area contributed by atoms with Gasteiger partial charge < -0.3 is 4.89 Å². The number of hydrogen-bond donors (Lipinski definition) is 0. The van der Waals surface area contributed by atoms with Crippen LogP contribution in [-0.2, 0) is 4.89 Å². The maximum Gasteiger partial charge on any atom is 0.165 e. The molecule has 0 radical (unpaired) electrons. The van der Waals surface area contributed by atoms with Crippen molar-refractivity contribution in [1.29, 1.82) is 0 Å². The lowest BCUT2D eigenvalue weighted by molar-refractivity contribution is -0.298. The molecule has 0 N–H and O–H groups in total. The Morgan fingerprint density at radius 2 is 1.42 bits per heavy atom. The molecule has 1 rings (SSSR count). The molecule has 1 atom stereocenters. The fourth-order valence-corrected chi connectivity index (χ4v) is 1.94. The van der Waals surface area contributed by atoms with Crippen molar-refractivity contribution in [1.82, 2.24) is 0 Å². The molecule has 0 saturated carbocycles. The number of benzene rings is 1. The summed E-state index contributed by atoms with van der Waals surface area (Å²) in [7, 11) is 0. The minimum Gasteiger partial charge on any atom is -0.337 e. The van der Waals surface area contributed by atoms with Crippen LogP contribution in [0.3, 0.4) is 0 Å². The van der Waals surface area contributed by atoms with E-state index in [2.05, 4.69) is 60.6 Å². The summed E-state index contributed by atoms with van der Waals surface area (Å²) in [4.78, 5) is 11.1. The molecule has 2 nitrogen and oxygen atoms in total. The SMILES string of the molecule is CC(C)c1ccc(OOC(C)(C)C(C)C(C)C)cc1. The highest BCUT2D eigenvalue weighted by Gasteiger charge is 2.31. The molecule has 0 spiro atoms. The molecule has 1 unspecified atom stereocenters. The van der Waals surface area contributed by atoms with Gasteiger partial charge in [-0.25, -0.2) is 0 Å². The van der Waals surface area contributed by atoms with Crippen molar-refractivity contribution in [2.24, 2.45) is 11.8 Å². The van der Waals surface area contributed by atoms with E-state index in [1.54, 1.807) is 0 Å². The van der Waals surface area contributed by atoms with E-state index >= 15 is 0 Å². The first kappa shape index (κ1) is 16.0. The van der Waals surface area contributed by atoms with E-state index in [1.165, 1.54) is 5.56 Å². The van der Waals surface area contributed by atoms with Crippen LogP contribution in [0, 0.1) is 11.8 Å². The maximum atomic E-state index is 5.64. The van der Waals surface area contributed by atoms with Gasteiger partial charge in [0.25, 0.3) is 0 Å². The molecule has 0 bridgehead atoms.